The number of rotatable bonds is 26. The molecule has 6 aliphatic heterocycles. The van der Waals surface area contributed by atoms with Crippen LogP contribution in [-0.2, 0) is 61.6 Å². The highest BCUT2D eigenvalue weighted by Gasteiger charge is 2.58. The number of hydrogen-bond donors (Lipinski definition) is 17. The molecule has 80 heavy (non-hydrogen) atoms. The maximum atomic E-state index is 12.4. The molecule has 32 atom stereocenters. The van der Waals surface area contributed by atoms with Crippen molar-refractivity contribution in [2.75, 3.05) is 13.2 Å². The maximum absolute atomic E-state index is 12.4. The summed E-state index contributed by atoms with van der Waals surface area (Å²) < 4.78 is 72.6. The number of carboxylic acid groups (broad SMARTS) is 1. The van der Waals surface area contributed by atoms with Crippen LogP contribution in [0, 0.1) is 0 Å². The Morgan fingerprint density at radius 2 is 0.775 bits per heavy atom. The molecule has 17 N–H and O–H groups in total. The Labute approximate surface area is 462 Å². The first-order chi connectivity index (χ1) is 37.8. The molecule has 0 saturated carbocycles. The lowest BCUT2D eigenvalue weighted by atomic mass is 9.95. The van der Waals surface area contributed by atoms with E-state index >= 15 is 0 Å². The summed E-state index contributed by atoms with van der Waals surface area (Å²) in [6.07, 6.45) is -48.5. The van der Waals surface area contributed by atoms with Gasteiger partial charge >= 0.3 is 5.97 Å². The molecule has 0 aromatic carbocycles. The minimum absolute atomic E-state index is 0.330. The zero-order valence-corrected chi connectivity index (χ0v) is 45.4. The van der Waals surface area contributed by atoms with Crippen LogP contribution < -0.4 is 0 Å². The molecular formula is C50H88O30. The lowest BCUT2D eigenvalue weighted by molar-refractivity contribution is -0.414. The number of unbranched alkanes of at least 4 members (excludes halogenated alkanes) is 4. The van der Waals surface area contributed by atoms with Gasteiger partial charge in [-0.3, -0.25) is 4.79 Å². The van der Waals surface area contributed by atoms with Crippen LogP contribution in [-0.4, -0.2) is 302 Å². The lowest BCUT2D eigenvalue weighted by Crippen LogP contribution is -2.69. The SMILES string of the molecule is CCC[C@@H](CCCCCCC[C@H](O)CC(=O)O)O[C@@H]1O[C@H](C)[C@H](O)[C@H](O)[C@H]1O[C@@H]1O[C@H](CO)[C@@H](O)[C@H](O)[C@H]1O[C@@H]1O[C@@H](C)[C@H](O[C@@H]2O[C@H](C)[C@H](O)[C@H](O)[C@H]2O)[C@@H](O[C@@H]2O[C@H](CO)[C@@H](O)[C@H](O)[C@H]2O[C@@H]2O[C@H](C)[C@@H](O)[C@H](O)[C@H]2O)[C@H]1O. The van der Waals surface area contributed by atoms with Crippen molar-refractivity contribution in [2.24, 2.45) is 0 Å². The van der Waals surface area contributed by atoms with Gasteiger partial charge in [-0.15, -0.1) is 0 Å². The molecule has 0 aromatic rings. The molecule has 0 amide bonds. The van der Waals surface area contributed by atoms with Crippen molar-refractivity contribution in [3.8, 4) is 0 Å². The smallest absolute Gasteiger partial charge is 0.305 e. The van der Waals surface area contributed by atoms with Gasteiger partial charge in [-0.1, -0.05) is 45.4 Å². The third-order valence-corrected chi connectivity index (χ3v) is 15.7. The highest BCUT2D eigenvalue weighted by molar-refractivity contribution is 5.67. The monoisotopic (exact) mass is 1170 g/mol. The highest BCUT2D eigenvalue weighted by atomic mass is 16.8. The number of carbonyl (C=O) groups is 1. The Kier molecular flexibility index (Phi) is 25.8. The zero-order valence-electron chi connectivity index (χ0n) is 45.4. The van der Waals surface area contributed by atoms with E-state index in [4.69, 9.17) is 61.9 Å². The number of hydrogen-bond acceptors (Lipinski definition) is 29. The van der Waals surface area contributed by atoms with Crippen LogP contribution in [0.15, 0.2) is 0 Å². The molecule has 0 bridgehead atoms. The summed E-state index contributed by atoms with van der Waals surface area (Å²) in [4.78, 5) is 10.9. The minimum atomic E-state index is -2.21. The van der Waals surface area contributed by atoms with Crippen molar-refractivity contribution in [3.05, 3.63) is 0 Å². The van der Waals surface area contributed by atoms with E-state index in [1.807, 2.05) is 6.92 Å². The van der Waals surface area contributed by atoms with Gasteiger partial charge in [0.15, 0.2) is 37.7 Å². The molecule has 30 heteroatoms. The van der Waals surface area contributed by atoms with Crippen LogP contribution in [0.5, 0.6) is 0 Å². The molecule has 468 valence electrons. The molecule has 30 nitrogen and oxygen atoms in total. The molecule has 6 fully saturated rings. The van der Waals surface area contributed by atoms with Gasteiger partial charge in [0.1, 0.15) is 122 Å². The first kappa shape index (κ1) is 67.5. The Morgan fingerprint density at radius 3 is 1.25 bits per heavy atom. The van der Waals surface area contributed by atoms with Gasteiger partial charge in [0.2, 0.25) is 0 Å². The van der Waals surface area contributed by atoms with Crippen LogP contribution in [0.1, 0.15) is 98.8 Å². The lowest BCUT2D eigenvalue weighted by Gasteiger charge is -2.51. The van der Waals surface area contributed by atoms with Crippen LogP contribution >= 0.6 is 0 Å². The third-order valence-electron chi connectivity index (χ3n) is 15.7. The Hall–Kier alpha value is -1.65. The van der Waals surface area contributed by atoms with E-state index in [2.05, 4.69) is 0 Å². The van der Waals surface area contributed by atoms with E-state index in [0.717, 1.165) is 19.3 Å². The number of ether oxygens (including phenoxy) is 12. The van der Waals surface area contributed by atoms with E-state index < -0.39 is 216 Å². The van der Waals surface area contributed by atoms with Crippen LogP contribution in [0.2, 0.25) is 0 Å². The molecule has 6 heterocycles. The van der Waals surface area contributed by atoms with Crippen molar-refractivity contribution >= 4 is 5.97 Å². The Bertz CT molecular complexity index is 1830. The Morgan fingerprint density at radius 1 is 0.400 bits per heavy atom. The van der Waals surface area contributed by atoms with Gasteiger partial charge in [-0.2, -0.15) is 0 Å². The largest absolute Gasteiger partial charge is 0.481 e. The van der Waals surface area contributed by atoms with Crippen molar-refractivity contribution in [3.63, 3.8) is 0 Å². The topological polar surface area (TPSA) is 472 Å². The summed E-state index contributed by atoms with van der Waals surface area (Å²) in [5.74, 6) is -1.08. The summed E-state index contributed by atoms with van der Waals surface area (Å²) in [5.41, 5.74) is 0. The van der Waals surface area contributed by atoms with E-state index in [9.17, 15) is 86.5 Å². The van der Waals surface area contributed by atoms with Crippen molar-refractivity contribution in [1.29, 1.82) is 0 Å². The van der Waals surface area contributed by atoms with Gasteiger partial charge in [0.05, 0.1) is 56.3 Å². The fourth-order valence-electron chi connectivity index (χ4n) is 10.7. The van der Waals surface area contributed by atoms with Crippen molar-refractivity contribution in [1.82, 2.24) is 0 Å². The van der Waals surface area contributed by atoms with Crippen LogP contribution in [0.25, 0.3) is 0 Å². The zero-order chi connectivity index (χ0) is 59.0. The van der Waals surface area contributed by atoms with E-state index in [-0.39, 0.29) is 6.42 Å². The standard InChI is InChI=1S/C50H88O30/c1-6-12-23(14-11-9-7-8-10-13-22(53)15-26(54)55)73-48-42(34(63)29(58)20(4)71-48)80-50-44(36(65)31(60)25(17-52)75-50)79-47-39(68)41(40(21(5)72-47)76-45-37(66)32(61)27(56)18(2)69-45)77-49-43(35(64)30(59)24(16-51)74-49)78-46-38(67)33(62)28(57)19(3)70-46/h18-25,27-53,56-68H,6-17H2,1-5H3,(H,54,55)/t18-,19-,20-,21+,22+,23+,24-,25-,27+,28-,29+,30-,31-,32+,33+,34+,35+,36+,37-,38-,39-,40+,41+,42-,43-,44-,45+,46+,47+,48+,49+,50+/m1/s1. The molecule has 0 aliphatic carbocycles. The first-order valence-corrected chi connectivity index (χ1v) is 27.7. The summed E-state index contributed by atoms with van der Waals surface area (Å²) in [5, 5.41) is 184. The van der Waals surface area contributed by atoms with Gasteiger partial charge < -0.3 is 144 Å². The van der Waals surface area contributed by atoms with Crippen molar-refractivity contribution in [2.45, 2.75) is 295 Å². The summed E-state index contributed by atoms with van der Waals surface area (Å²) >= 11 is 0. The highest BCUT2D eigenvalue weighted by Crippen LogP contribution is 2.39. The molecule has 0 aromatic heterocycles. The number of aliphatic carboxylic acids is 1. The molecule has 0 unspecified atom stereocenters. The average molecular weight is 1170 g/mol. The molecule has 6 rings (SSSR count). The number of aliphatic hydroxyl groups excluding tert-OH is 16. The quantitative estimate of drug-likeness (QED) is 0.0358. The van der Waals surface area contributed by atoms with Gasteiger partial charge in [0, 0.05) is 0 Å². The first-order valence-electron chi connectivity index (χ1n) is 27.7. The fraction of sp³-hybridized carbons (Fsp3) is 0.980. The second-order valence-electron chi connectivity index (χ2n) is 21.8. The predicted molar refractivity (Wildman–Crippen MR) is 262 cm³/mol. The molecular weight excluding hydrogens is 1080 g/mol. The van der Waals surface area contributed by atoms with E-state index in [1.54, 1.807) is 0 Å². The normalized spacial score (nSPS) is 47.4. The predicted octanol–water partition coefficient (Wildman–Crippen LogP) is -6.23. The van der Waals surface area contributed by atoms with Gasteiger partial charge in [-0.25, -0.2) is 0 Å². The summed E-state index contributed by atoms with van der Waals surface area (Å²) in [6, 6.07) is 0. The molecule has 0 spiro atoms. The second kappa shape index (κ2) is 30.6. The van der Waals surface area contributed by atoms with Gasteiger partial charge in [0.25, 0.3) is 0 Å². The summed E-state index contributed by atoms with van der Waals surface area (Å²) in [7, 11) is 0. The van der Waals surface area contributed by atoms with E-state index in [1.165, 1.54) is 27.7 Å². The molecule has 6 aliphatic rings. The number of aliphatic hydroxyl groups is 16. The number of carboxylic acids is 1. The third kappa shape index (κ3) is 16.2. The fourth-order valence-corrected chi connectivity index (χ4v) is 10.7. The average Bonchev–Trinajstić information content (AvgIpc) is 3.41. The van der Waals surface area contributed by atoms with Crippen LogP contribution in [0.3, 0.4) is 0 Å². The Balaban J connectivity index is 1.27. The maximum Gasteiger partial charge on any atom is 0.305 e. The van der Waals surface area contributed by atoms with E-state index in [0.29, 0.717) is 38.5 Å². The van der Waals surface area contributed by atoms with Crippen LogP contribution in [0.4, 0.5) is 0 Å². The second-order valence-corrected chi connectivity index (χ2v) is 21.8. The minimum Gasteiger partial charge on any atom is -0.481 e. The van der Waals surface area contributed by atoms with Gasteiger partial charge in [-0.05, 0) is 47.0 Å². The molecule has 0 radical (unpaired) electrons. The molecule has 6 saturated heterocycles. The van der Waals surface area contributed by atoms with Crippen molar-refractivity contribution < 1.29 is 148 Å². The summed E-state index contributed by atoms with van der Waals surface area (Å²) in [6.45, 7) is 5.62.